The maximum Gasteiger partial charge on any atom is 0.0725 e. The number of nitrogen functional groups attached to an aromatic ring is 2. The van der Waals surface area contributed by atoms with E-state index in [0.29, 0.717) is 0 Å². The second-order valence-corrected chi connectivity index (χ2v) is 10.6. The van der Waals surface area contributed by atoms with Crippen molar-refractivity contribution in [1.82, 2.24) is 0 Å². The molecule has 2 aliphatic rings. The van der Waals surface area contributed by atoms with E-state index in [1.807, 2.05) is 24.3 Å². The van der Waals surface area contributed by atoms with Gasteiger partial charge in [0.15, 0.2) is 0 Å². The first-order valence-electron chi connectivity index (χ1n) is 13.4. The maximum absolute atomic E-state index is 6.19. The summed E-state index contributed by atoms with van der Waals surface area (Å²) >= 11 is 0. The fourth-order valence-electron chi connectivity index (χ4n) is 6.93. The van der Waals surface area contributed by atoms with Crippen molar-refractivity contribution in [2.45, 2.75) is 5.41 Å². The second kappa shape index (κ2) is 7.96. The van der Waals surface area contributed by atoms with Crippen molar-refractivity contribution < 1.29 is 0 Å². The minimum absolute atomic E-state index is 0.412. The summed E-state index contributed by atoms with van der Waals surface area (Å²) in [6, 6.07) is 48.0. The number of fused-ring (bicyclic) bond motifs is 10. The van der Waals surface area contributed by atoms with Crippen LogP contribution in [-0.2, 0) is 5.41 Å². The van der Waals surface area contributed by atoms with Gasteiger partial charge in [-0.25, -0.2) is 0 Å². The van der Waals surface area contributed by atoms with Crippen LogP contribution in [0.3, 0.4) is 0 Å². The van der Waals surface area contributed by atoms with Gasteiger partial charge in [0.25, 0.3) is 0 Å². The van der Waals surface area contributed by atoms with E-state index >= 15 is 0 Å². The van der Waals surface area contributed by atoms with Crippen LogP contribution in [-0.4, -0.2) is 0 Å². The van der Waals surface area contributed by atoms with Crippen molar-refractivity contribution in [2.24, 2.45) is 0 Å². The average Bonchev–Trinajstić information content (AvgIpc) is 3.44. The molecule has 2 heteroatoms. The maximum atomic E-state index is 6.19. The Kier molecular flexibility index (Phi) is 4.48. The molecule has 0 aromatic heterocycles. The molecule has 8 rings (SSSR count). The smallest absolute Gasteiger partial charge is 0.0725 e. The minimum Gasteiger partial charge on any atom is -0.399 e. The van der Waals surface area contributed by atoms with Crippen molar-refractivity contribution in [2.75, 3.05) is 11.5 Å². The van der Waals surface area contributed by atoms with Gasteiger partial charge in [-0.05, 0) is 103 Å². The van der Waals surface area contributed by atoms with Gasteiger partial charge in [0.1, 0.15) is 0 Å². The van der Waals surface area contributed by atoms with Gasteiger partial charge in [-0.15, -0.1) is 0 Å². The summed E-state index contributed by atoms with van der Waals surface area (Å²) < 4.78 is 0. The van der Waals surface area contributed by atoms with Gasteiger partial charge in [-0.3, -0.25) is 0 Å². The van der Waals surface area contributed by atoms with Crippen LogP contribution >= 0.6 is 0 Å². The number of benzene rings is 6. The van der Waals surface area contributed by atoms with Gasteiger partial charge in [0.2, 0.25) is 0 Å². The molecule has 6 aromatic carbocycles. The summed E-state index contributed by atoms with van der Waals surface area (Å²) in [6.07, 6.45) is 0. The van der Waals surface area contributed by atoms with Gasteiger partial charge in [0, 0.05) is 11.4 Å². The van der Waals surface area contributed by atoms with E-state index in [0.717, 1.165) is 22.5 Å². The van der Waals surface area contributed by atoms with Gasteiger partial charge in [-0.1, -0.05) is 97.1 Å². The summed E-state index contributed by atoms with van der Waals surface area (Å²) in [5, 5.41) is 0. The largest absolute Gasteiger partial charge is 0.399 e. The Morgan fingerprint density at radius 3 is 1.21 bits per heavy atom. The van der Waals surface area contributed by atoms with Gasteiger partial charge >= 0.3 is 0 Å². The third-order valence-corrected chi connectivity index (χ3v) is 8.53. The van der Waals surface area contributed by atoms with Crippen LogP contribution in [0.5, 0.6) is 0 Å². The van der Waals surface area contributed by atoms with E-state index in [-0.39, 0.29) is 0 Å². The van der Waals surface area contributed by atoms with E-state index < -0.39 is 5.41 Å². The van der Waals surface area contributed by atoms with Crippen LogP contribution < -0.4 is 11.5 Å². The van der Waals surface area contributed by atoms with Crippen LogP contribution in [0.2, 0.25) is 0 Å². The zero-order valence-electron chi connectivity index (χ0n) is 21.4. The highest BCUT2D eigenvalue weighted by Crippen LogP contribution is 2.63. The molecule has 1 spiro atoms. The first-order valence-corrected chi connectivity index (χ1v) is 13.4. The van der Waals surface area contributed by atoms with Crippen LogP contribution in [0.25, 0.3) is 44.5 Å². The molecule has 0 saturated heterocycles. The molecule has 0 amide bonds. The highest BCUT2D eigenvalue weighted by molar-refractivity contribution is 5.96. The average molecular weight is 499 g/mol. The van der Waals surface area contributed by atoms with Crippen LogP contribution in [0.15, 0.2) is 133 Å². The molecule has 0 aliphatic heterocycles. The number of hydrogen-bond donors (Lipinski definition) is 2. The quantitative estimate of drug-likeness (QED) is 0.235. The Balaban J connectivity index is 1.48. The normalized spacial score (nSPS) is 13.5. The van der Waals surface area contributed by atoms with Crippen molar-refractivity contribution in [3.63, 3.8) is 0 Å². The standard InChI is InChI=1S/C37H26N2/c38-27-9-5-7-23(19-27)25-15-17-31-32-18-16-26(24-8-6-10-28(39)20-24)22-36(32)37(35(31)21-25)33-13-3-1-11-29(33)30-12-2-4-14-34(30)37/h1-22H,38-39H2. The number of nitrogens with two attached hydrogens (primary N) is 2. The summed E-state index contributed by atoms with van der Waals surface area (Å²) in [4.78, 5) is 0. The number of hydrogen-bond acceptors (Lipinski definition) is 2. The summed E-state index contributed by atoms with van der Waals surface area (Å²) in [5.74, 6) is 0. The first-order chi connectivity index (χ1) is 19.1. The molecule has 184 valence electrons. The lowest BCUT2D eigenvalue weighted by Gasteiger charge is -2.31. The minimum atomic E-state index is -0.412. The zero-order valence-corrected chi connectivity index (χ0v) is 21.4. The molecule has 6 aromatic rings. The molecule has 0 unspecified atom stereocenters. The van der Waals surface area contributed by atoms with Crippen molar-refractivity contribution in [1.29, 1.82) is 0 Å². The highest BCUT2D eigenvalue weighted by atomic mass is 14.6. The van der Waals surface area contributed by atoms with Crippen molar-refractivity contribution in [3.8, 4) is 44.5 Å². The number of rotatable bonds is 2. The Morgan fingerprint density at radius 2 is 0.744 bits per heavy atom. The summed E-state index contributed by atoms with van der Waals surface area (Å²) in [7, 11) is 0. The molecular weight excluding hydrogens is 472 g/mol. The molecular formula is C37H26N2. The fourth-order valence-corrected chi connectivity index (χ4v) is 6.93. The van der Waals surface area contributed by atoms with E-state index in [1.165, 1.54) is 55.6 Å². The van der Waals surface area contributed by atoms with Crippen molar-refractivity contribution >= 4 is 11.4 Å². The molecule has 4 N–H and O–H groups in total. The molecule has 0 heterocycles. The Hall–Kier alpha value is -5.08. The molecule has 2 aliphatic carbocycles. The predicted molar refractivity (Wildman–Crippen MR) is 162 cm³/mol. The Labute approximate surface area is 228 Å². The topological polar surface area (TPSA) is 52.0 Å². The second-order valence-electron chi connectivity index (χ2n) is 10.6. The summed E-state index contributed by atoms with van der Waals surface area (Å²) in [5.41, 5.74) is 28.6. The van der Waals surface area contributed by atoms with E-state index in [2.05, 4.69) is 109 Å². The molecule has 0 atom stereocenters. The lowest BCUT2D eigenvalue weighted by molar-refractivity contribution is 0.794. The van der Waals surface area contributed by atoms with Crippen LogP contribution in [0, 0.1) is 0 Å². The van der Waals surface area contributed by atoms with E-state index in [9.17, 15) is 0 Å². The first kappa shape index (κ1) is 22.0. The van der Waals surface area contributed by atoms with Crippen LogP contribution in [0.4, 0.5) is 11.4 Å². The van der Waals surface area contributed by atoms with Gasteiger partial charge in [-0.2, -0.15) is 0 Å². The highest BCUT2D eigenvalue weighted by Gasteiger charge is 2.51. The molecule has 2 nitrogen and oxygen atoms in total. The lowest BCUT2D eigenvalue weighted by Crippen LogP contribution is -2.26. The Morgan fingerprint density at radius 1 is 0.333 bits per heavy atom. The van der Waals surface area contributed by atoms with E-state index in [4.69, 9.17) is 11.5 Å². The third kappa shape index (κ3) is 2.97. The van der Waals surface area contributed by atoms with Crippen LogP contribution in [0.1, 0.15) is 22.3 Å². The predicted octanol–water partition coefficient (Wildman–Crippen LogP) is 8.53. The molecule has 0 radical (unpaired) electrons. The monoisotopic (exact) mass is 498 g/mol. The fraction of sp³-hybridized carbons (Fsp3) is 0.0270. The molecule has 0 bridgehead atoms. The number of anilines is 2. The van der Waals surface area contributed by atoms with Gasteiger partial charge < -0.3 is 11.5 Å². The van der Waals surface area contributed by atoms with Gasteiger partial charge in [0.05, 0.1) is 5.41 Å². The third-order valence-electron chi connectivity index (χ3n) is 8.53. The lowest BCUT2D eigenvalue weighted by atomic mass is 9.70. The van der Waals surface area contributed by atoms with E-state index in [1.54, 1.807) is 0 Å². The SMILES string of the molecule is Nc1cccc(-c2ccc3c(c2)C2(c4ccccc4-c4ccccc42)c2cc(-c4cccc(N)c4)ccc2-3)c1. The van der Waals surface area contributed by atoms with Crippen molar-refractivity contribution in [3.05, 3.63) is 156 Å². The zero-order chi connectivity index (χ0) is 26.1. The molecule has 0 saturated carbocycles. The Bertz CT molecular complexity index is 1810. The summed E-state index contributed by atoms with van der Waals surface area (Å²) in [6.45, 7) is 0. The molecule has 0 fully saturated rings. The molecule has 39 heavy (non-hydrogen) atoms.